The fourth-order valence-electron chi connectivity index (χ4n) is 1.75. The van der Waals surface area contributed by atoms with Crippen molar-refractivity contribution in [2.45, 2.75) is 33.6 Å². The van der Waals surface area contributed by atoms with Crippen LogP contribution in [0.4, 0.5) is 11.4 Å². The first kappa shape index (κ1) is 15.4. The maximum absolute atomic E-state index is 11.0. The van der Waals surface area contributed by atoms with Crippen LogP contribution in [0.1, 0.15) is 32.8 Å². The zero-order chi connectivity index (χ0) is 14.5. The Kier molecular flexibility index (Phi) is 5.30. The number of nitro groups is 1. The van der Waals surface area contributed by atoms with E-state index in [9.17, 15) is 15.2 Å². The van der Waals surface area contributed by atoms with Gasteiger partial charge in [-0.3, -0.25) is 10.1 Å². The van der Waals surface area contributed by atoms with E-state index in [0.29, 0.717) is 13.0 Å². The molecule has 0 aliphatic carbocycles. The molecule has 0 aliphatic heterocycles. The molecule has 0 saturated carbocycles. The standard InChI is InChI=1S/C14H22N2O3/c1-4-11-6-7-12(8-13(11)16(18)19)15-9-14(3,5-2)10-17/h6-8,15,17H,4-5,9-10H2,1-3H3. The van der Waals surface area contributed by atoms with Crippen LogP contribution in [0.3, 0.4) is 0 Å². The lowest BCUT2D eigenvalue weighted by molar-refractivity contribution is -0.385. The van der Waals surface area contributed by atoms with Crippen LogP contribution in [0, 0.1) is 15.5 Å². The van der Waals surface area contributed by atoms with Crippen molar-refractivity contribution in [2.75, 3.05) is 18.5 Å². The van der Waals surface area contributed by atoms with Crippen LogP contribution in [0.25, 0.3) is 0 Å². The Balaban J connectivity index is 2.86. The van der Waals surface area contributed by atoms with Gasteiger partial charge in [0.2, 0.25) is 0 Å². The summed E-state index contributed by atoms with van der Waals surface area (Å²) >= 11 is 0. The second kappa shape index (κ2) is 6.52. The SMILES string of the molecule is CCc1ccc(NCC(C)(CC)CO)cc1[N+](=O)[O-]. The molecular formula is C14H22N2O3. The van der Waals surface area contributed by atoms with Gasteiger partial charge in [0, 0.05) is 29.3 Å². The summed E-state index contributed by atoms with van der Waals surface area (Å²) in [5.74, 6) is 0. The minimum absolute atomic E-state index is 0.0889. The molecule has 1 rings (SSSR count). The molecule has 0 heterocycles. The number of nitrogens with one attached hydrogen (secondary N) is 1. The van der Waals surface area contributed by atoms with E-state index in [-0.39, 0.29) is 22.6 Å². The third-order valence-electron chi connectivity index (χ3n) is 3.62. The maximum Gasteiger partial charge on any atom is 0.274 e. The van der Waals surface area contributed by atoms with Crippen molar-refractivity contribution in [1.82, 2.24) is 0 Å². The summed E-state index contributed by atoms with van der Waals surface area (Å²) in [7, 11) is 0. The van der Waals surface area contributed by atoms with Gasteiger partial charge in [-0.2, -0.15) is 0 Å². The lowest BCUT2D eigenvalue weighted by Gasteiger charge is -2.26. The molecule has 0 aliphatic rings. The van der Waals surface area contributed by atoms with E-state index in [1.165, 1.54) is 0 Å². The van der Waals surface area contributed by atoms with Crippen LogP contribution < -0.4 is 5.32 Å². The first-order chi connectivity index (χ1) is 8.95. The Bertz CT molecular complexity index is 442. The van der Waals surface area contributed by atoms with E-state index in [1.807, 2.05) is 26.8 Å². The molecular weight excluding hydrogens is 244 g/mol. The highest BCUT2D eigenvalue weighted by Crippen LogP contribution is 2.26. The van der Waals surface area contributed by atoms with Crippen LogP contribution in [0.15, 0.2) is 18.2 Å². The molecule has 0 radical (unpaired) electrons. The zero-order valence-corrected chi connectivity index (χ0v) is 11.8. The van der Waals surface area contributed by atoms with Gasteiger partial charge in [0.1, 0.15) is 0 Å². The van der Waals surface area contributed by atoms with Gasteiger partial charge < -0.3 is 10.4 Å². The van der Waals surface area contributed by atoms with Gasteiger partial charge in [-0.15, -0.1) is 0 Å². The van der Waals surface area contributed by atoms with Gasteiger partial charge in [-0.25, -0.2) is 0 Å². The van der Waals surface area contributed by atoms with E-state index in [2.05, 4.69) is 5.32 Å². The predicted octanol–water partition coefficient (Wildman–Crippen LogP) is 2.98. The molecule has 0 amide bonds. The average molecular weight is 266 g/mol. The Morgan fingerprint density at radius 1 is 1.42 bits per heavy atom. The summed E-state index contributed by atoms with van der Waals surface area (Å²) in [6.45, 7) is 6.57. The van der Waals surface area contributed by atoms with Crippen LogP contribution in [-0.4, -0.2) is 23.2 Å². The first-order valence-corrected chi connectivity index (χ1v) is 6.57. The van der Waals surface area contributed by atoms with Gasteiger partial charge in [-0.1, -0.05) is 26.8 Å². The third-order valence-corrected chi connectivity index (χ3v) is 3.62. The molecule has 0 fully saturated rings. The third kappa shape index (κ3) is 3.92. The van der Waals surface area contributed by atoms with Crippen molar-refractivity contribution in [3.05, 3.63) is 33.9 Å². The molecule has 0 bridgehead atoms. The van der Waals surface area contributed by atoms with Gasteiger partial charge >= 0.3 is 0 Å². The van der Waals surface area contributed by atoms with E-state index in [1.54, 1.807) is 12.1 Å². The van der Waals surface area contributed by atoms with Gasteiger partial charge in [-0.05, 0) is 18.9 Å². The maximum atomic E-state index is 11.0. The largest absolute Gasteiger partial charge is 0.396 e. The predicted molar refractivity (Wildman–Crippen MR) is 76.4 cm³/mol. The Labute approximate surface area is 113 Å². The number of rotatable bonds is 7. The molecule has 106 valence electrons. The minimum Gasteiger partial charge on any atom is -0.396 e. The highest BCUT2D eigenvalue weighted by Gasteiger charge is 2.21. The molecule has 0 aromatic heterocycles. The number of aliphatic hydroxyl groups excluding tert-OH is 1. The summed E-state index contributed by atoms with van der Waals surface area (Å²) in [5, 5.41) is 23.5. The van der Waals surface area contributed by atoms with E-state index in [4.69, 9.17) is 0 Å². The van der Waals surface area contributed by atoms with Gasteiger partial charge in [0.15, 0.2) is 0 Å². The van der Waals surface area contributed by atoms with Crippen LogP contribution in [0.2, 0.25) is 0 Å². The molecule has 1 aromatic rings. The van der Waals surface area contributed by atoms with E-state index < -0.39 is 0 Å². The Morgan fingerprint density at radius 2 is 2.11 bits per heavy atom. The summed E-state index contributed by atoms with van der Waals surface area (Å²) in [4.78, 5) is 10.6. The summed E-state index contributed by atoms with van der Waals surface area (Å²) in [5.41, 5.74) is 1.39. The highest BCUT2D eigenvalue weighted by atomic mass is 16.6. The van der Waals surface area contributed by atoms with Crippen molar-refractivity contribution >= 4 is 11.4 Å². The van der Waals surface area contributed by atoms with Crippen molar-refractivity contribution < 1.29 is 10.0 Å². The van der Waals surface area contributed by atoms with Gasteiger partial charge in [0.05, 0.1) is 11.5 Å². The smallest absolute Gasteiger partial charge is 0.274 e. The van der Waals surface area contributed by atoms with Crippen LogP contribution >= 0.6 is 0 Å². The number of benzene rings is 1. The van der Waals surface area contributed by atoms with Crippen LogP contribution in [0.5, 0.6) is 0 Å². The number of hydrogen-bond donors (Lipinski definition) is 2. The Morgan fingerprint density at radius 3 is 2.58 bits per heavy atom. The quantitative estimate of drug-likeness (QED) is 0.587. The number of nitro benzene ring substituents is 1. The second-order valence-corrected chi connectivity index (χ2v) is 5.13. The summed E-state index contributed by atoms with van der Waals surface area (Å²) in [6.07, 6.45) is 1.48. The average Bonchev–Trinajstić information content (AvgIpc) is 2.44. The monoisotopic (exact) mass is 266 g/mol. The van der Waals surface area contributed by atoms with Crippen molar-refractivity contribution in [3.63, 3.8) is 0 Å². The van der Waals surface area contributed by atoms with E-state index >= 15 is 0 Å². The zero-order valence-electron chi connectivity index (χ0n) is 11.8. The fraction of sp³-hybridized carbons (Fsp3) is 0.571. The number of aliphatic hydroxyl groups is 1. The van der Waals surface area contributed by atoms with Crippen molar-refractivity contribution in [3.8, 4) is 0 Å². The fourth-order valence-corrected chi connectivity index (χ4v) is 1.75. The number of aryl methyl sites for hydroxylation is 1. The molecule has 1 atom stereocenters. The van der Waals surface area contributed by atoms with E-state index in [0.717, 1.165) is 17.7 Å². The number of nitrogens with zero attached hydrogens (tertiary/aromatic N) is 1. The Hall–Kier alpha value is -1.62. The lowest BCUT2D eigenvalue weighted by Crippen LogP contribution is -2.29. The molecule has 19 heavy (non-hydrogen) atoms. The van der Waals surface area contributed by atoms with Crippen molar-refractivity contribution in [1.29, 1.82) is 0 Å². The van der Waals surface area contributed by atoms with Crippen LogP contribution in [-0.2, 0) is 6.42 Å². The first-order valence-electron chi connectivity index (χ1n) is 6.57. The number of hydrogen-bond acceptors (Lipinski definition) is 4. The molecule has 0 spiro atoms. The van der Waals surface area contributed by atoms with Gasteiger partial charge in [0.25, 0.3) is 5.69 Å². The molecule has 1 aromatic carbocycles. The molecule has 0 saturated heterocycles. The van der Waals surface area contributed by atoms with Crippen molar-refractivity contribution in [2.24, 2.45) is 5.41 Å². The molecule has 5 heteroatoms. The second-order valence-electron chi connectivity index (χ2n) is 5.13. The minimum atomic E-state index is -0.352. The molecule has 2 N–H and O–H groups in total. The number of anilines is 1. The molecule has 5 nitrogen and oxygen atoms in total. The summed E-state index contributed by atoms with van der Waals surface area (Å²) in [6, 6.07) is 5.19. The highest BCUT2D eigenvalue weighted by molar-refractivity contribution is 5.55. The topological polar surface area (TPSA) is 75.4 Å². The lowest BCUT2D eigenvalue weighted by atomic mass is 9.88. The summed E-state index contributed by atoms with van der Waals surface area (Å²) < 4.78 is 0. The molecule has 1 unspecified atom stereocenters. The normalized spacial score (nSPS) is 13.9.